The van der Waals surface area contributed by atoms with Crippen molar-refractivity contribution >= 4 is 29.4 Å². The van der Waals surface area contributed by atoms with Gasteiger partial charge >= 0.3 is 5.97 Å². The van der Waals surface area contributed by atoms with Crippen LogP contribution in [0.3, 0.4) is 0 Å². The minimum absolute atomic E-state index is 0.124. The normalized spacial score (nSPS) is 16.8. The summed E-state index contributed by atoms with van der Waals surface area (Å²) in [5, 5.41) is 2.96. The van der Waals surface area contributed by atoms with Gasteiger partial charge < -0.3 is 10.1 Å². The number of nitrogens with one attached hydrogen (secondary N) is 1. The van der Waals surface area contributed by atoms with Gasteiger partial charge in [-0.15, -0.1) is 0 Å². The molecule has 0 bridgehead atoms. The van der Waals surface area contributed by atoms with Crippen LogP contribution in [-0.4, -0.2) is 36.3 Å². The van der Waals surface area contributed by atoms with E-state index in [1.165, 1.54) is 31.4 Å². The molecule has 1 N–H and O–H groups in total. The maximum atomic E-state index is 12.7. The highest BCUT2D eigenvalue weighted by Crippen LogP contribution is 2.28. The number of fused-ring (bicyclic) bond motifs is 1. The topological polar surface area (TPSA) is 92.8 Å². The molecule has 0 saturated heterocycles. The molecule has 166 valence electrons. The van der Waals surface area contributed by atoms with Crippen LogP contribution in [0.25, 0.3) is 0 Å². The van der Waals surface area contributed by atoms with Crippen molar-refractivity contribution in [2.45, 2.75) is 51.0 Å². The molecule has 3 amide bonds. The number of esters is 1. The van der Waals surface area contributed by atoms with Crippen LogP contribution in [-0.2, 0) is 9.53 Å². The average molecular weight is 434 g/mol. The first-order valence-corrected chi connectivity index (χ1v) is 11.1. The third kappa shape index (κ3) is 4.72. The molecule has 32 heavy (non-hydrogen) atoms. The average Bonchev–Trinajstić information content (AvgIpc) is 3.04. The molecule has 2 aromatic carbocycles. The molecular weight excluding hydrogens is 408 g/mol. The second kappa shape index (κ2) is 9.77. The quantitative estimate of drug-likeness (QED) is 0.570. The summed E-state index contributed by atoms with van der Waals surface area (Å²) in [5.74, 6) is -1.87. The Bertz CT molecular complexity index is 1010. The van der Waals surface area contributed by atoms with Crippen LogP contribution in [0.5, 0.6) is 0 Å². The Balaban J connectivity index is 1.37. The number of benzene rings is 2. The van der Waals surface area contributed by atoms with Crippen molar-refractivity contribution < 1.29 is 23.9 Å². The van der Waals surface area contributed by atoms with Gasteiger partial charge in [0.25, 0.3) is 17.7 Å². The van der Waals surface area contributed by atoms with Gasteiger partial charge in [-0.3, -0.25) is 14.4 Å². The highest BCUT2D eigenvalue weighted by molar-refractivity contribution is 6.34. The monoisotopic (exact) mass is 434 g/mol. The van der Waals surface area contributed by atoms with Gasteiger partial charge in [-0.1, -0.05) is 50.3 Å². The zero-order valence-electron chi connectivity index (χ0n) is 17.8. The van der Waals surface area contributed by atoms with Gasteiger partial charge in [0.1, 0.15) is 0 Å². The number of hydrogen-bond acceptors (Lipinski definition) is 5. The molecule has 0 aromatic heterocycles. The number of amides is 3. The highest BCUT2D eigenvalue weighted by atomic mass is 16.5. The summed E-state index contributed by atoms with van der Waals surface area (Å²) in [6.07, 6.45) is 7.70. The molecule has 7 nitrogen and oxygen atoms in total. The molecule has 0 radical (unpaired) electrons. The van der Waals surface area contributed by atoms with Crippen LogP contribution in [0, 0.1) is 0 Å². The first-order chi connectivity index (χ1) is 15.5. The van der Waals surface area contributed by atoms with Crippen molar-refractivity contribution in [1.82, 2.24) is 5.32 Å². The van der Waals surface area contributed by atoms with Gasteiger partial charge in [0.05, 0.1) is 22.4 Å². The van der Waals surface area contributed by atoms with Crippen LogP contribution in [0.1, 0.15) is 76.0 Å². The largest absolute Gasteiger partial charge is 0.452 e. The molecule has 1 aliphatic heterocycles. The SMILES string of the molecule is O=C(COC(=O)c1cccc(N2C(=O)c3ccccc3C2=O)c1)NC1CCCCCCC1. The van der Waals surface area contributed by atoms with Crippen molar-refractivity contribution in [2.24, 2.45) is 0 Å². The smallest absolute Gasteiger partial charge is 0.338 e. The second-order valence-electron chi connectivity index (χ2n) is 8.23. The minimum Gasteiger partial charge on any atom is -0.452 e. The van der Waals surface area contributed by atoms with E-state index in [2.05, 4.69) is 5.32 Å². The van der Waals surface area contributed by atoms with Gasteiger partial charge in [0.2, 0.25) is 0 Å². The van der Waals surface area contributed by atoms with Gasteiger partial charge in [0.15, 0.2) is 6.61 Å². The Hall–Kier alpha value is -3.48. The number of carbonyl (C=O) groups is 4. The van der Waals surface area contributed by atoms with E-state index in [9.17, 15) is 19.2 Å². The third-order valence-electron chi connectivity index (χ3n) is 5.94. The van der Waals surface area contributed by atoms with Gasteiger partial charge in [0, 0.05) is 6.04 Å². The minimum atomic E-state index is -0.684. The van der Waals surface area contributed by atoms with Crippen molar-refractivity contribution in [3.05, 3.63) is 65.2 Å². The molecule has 0 unspecified atom stereocenters. The lowest BCUT2D eigenvalue weighted by atomic mass is 9.97. The van der Waals surface area contributed by atoms with Crippen molar-refractivity contribution in [2.75, 3.05) is 11.5 Å². The standard InChI is InChI=1S/C25H26N2O5/c28-22(26-18-10-4-2-1-3-5-11-18)16-32-25(31)17-9-8-12-19(15-17)27-23(29)20-13-6-7-14-21(20)24(27)30/h6-9,12-15,18H,1-5,10-11,16H2,(H,26,28). The Morgan fingerprint density at radius 1 is 0.875 bits per heavy atom. The Kier molecular flexibility index (Phi) is 6.63. The summed E-state index contributed by atoms with van der Waals surface area (Å²) in [7, 11) is 0. The van der Waals surface area contributed by atoms with E-state index in [1.54, 1.807) is 36.4 Å². The molecule has 1 heterocycles. The number of carbonyl (C=O) groups excluding carboxylic acids is 4. The van der Waals surface area contributed by atoms with Crippen LogP contribution < -0.4 is 10.2 Å². The number of ether oxygens (including phenoxy) is 1. The number of hydrogen-bond donors (Lipinski definition) is 1. The van der Waals surface area contributed by atoms with Gasteiger partial charge in [-0.25, -0.2) is 9.69 Å². The maximum Gasteiger partial charge on any atom is 0.338 e. The Morgan fingerprint density at radius 2 is 1.50 bits per heavy atom. The fourth-order valence-corrected chi connectivity index (χ4v) is 4.28. The predicted molar refractivity (Wildman–Crippen MR) is 119 cm³/mol. The molecule has 2 aliphatic rings. The van der Waals surface area contributed by atoms with Crippen LogP contribution >= 0.6 is 0 Å². The molecule has 0 spiro atoms. The molecule has 0 atom stereocenters. The van der Waals surface area contributed by atoms with E-state index in [0.29, 0.717) is 11.1 Å². The third-order valence-corrected chi connectivity index (χ3v) is 5.94. The maximum absolute atomic E-state index is 12.7. The lowest BCUT2D eigenvalue weighted by molar-refractivity contribution is -0.125. The number of rotatable bonds is 5. The Morgan fingerprint density at radius 3 is 2.16 bits per heavy atom. The molecule has 4 rings (SSSR count). The first-order valence-electron chi connectivity index (χ1n) is 11.1. The molecule has 1 fully saturated rings. The fraction of sp³-hybridized carbons (Fsp3) is 0.360. The van der Waals surface area contributed by atoms with Gasteiger partial charge in [-0.05, 0) is 43.2 Å². The molecule has 2 aromatic rings. The lowest BCUT2D eigenvalue weighted by Gasteiger charge is -2.21. The summed E-state index contributed by atoms with van der Waals surface area (Å²) < 4.78 is 5.18. The second-order valence-corrected chi connectivity index (χ2v) is 8.23. The van der Waals surface area contributed by atoms with E-state index >= 15 is 0 Å². The van der Waals surface area contributed by atoms with Gasteiger partial charge in [-0.2, -0.15) is 0 Å². The number of imide groups is 1. The van der Waals surface area contributed by atoms with Crippen molar-refractivity contribution in [1.29, 1.82) is 0 Å². The predicted octanol–water partition coefficient (Wildman–Crippen LogP) is 3.87. The Labute approximate surface area is 186 Å². The summed E-state index contributed by atoms with van der Waals surface area (Å²) in [5.41, 5.74) is 1.11. The zero-order chi connectivity index (χ0) is 22.5. The highest BCUT2D eigenvalue weighted by Gasteiger charge is 2.36. The van der Waals surface area contributed by atoms with Crippen molar-refractivity contribution in [3.63, 3.8) is 0 Å². The van der Waals surface area contributed by atoms with Crippen LogP contribution in [0.4, 0.5) is 5.69 Å². The molecular formula is C25H26N2O5. The number of nitrogens with zero attached hydrogens (tertiary/aromatic N) is 1. The lowest BCUT2D eigenvalue weighted by Crippen LogP contribution is -2.38. The summed E-state index contributed by atoms with van der Waals surface area (Å²) in [6, 6.07) is 12.8. The summed E-state index contributed by atoms with van der Waals surface area (Å²) >= 11 is 0. The molecule has 7 heteroatoms. The van der Waals surface area contributed by atoms with E-state index in [-0.39, 0.29) is 29.8 Å². The molecule has 1 saturated carbocycles. The van der Waals surface area contributed by atoms with E-state index in [0.717, 1.165) is 30.6 Å². The van der Waals surface area contributed by atoms with E-state index in [1.807, 2.05) is 0 Å². The fourth-order valence-electron chi connectivity index (χ4n) is 4.28. The van der Waals surface area contributed by atoms with E-state index < -0.39 is 17.8 Å². The zero-order valence-corrected chi connectivity index (χ0v) is 17.8. The number of anilines is 1. The summed E-state index contributed by atoms with van der Waals surface area (Å²) in [6.45, 7) is -0.368. The van der Waals surface area contributed by atoms with Crippen LogP contribution in [0.2, 0.25) is 0 Å². The molecule has 1 aliphatic carbocycles. The van der Waals surface area contributed by atoms with Crippen molar-refractivity contribution in [3.8, 4) is 0 Å². The van der Waals surface area contributed by atoms with E-state index in [4.69, 9.17) is 4.74 Å². The first kappa shape index (κ1) is 21.7. The summed E-state index contributed by atoms with van der Waals surface area (Å²) in [4.78, 5) is 51.1. The van der Waals surface area contributed by atoms with Crippen LogP contribution in [0.15, 0.2) is 48.5 Å².